The van der Waals surface area contributed by atoms with Gasteiger partial charge in [-0.2, -0.15) is 5.26 Å². The van der Waals surface area contributed by atoms with Crippen molar-refractivity contribution in [3.8, 4) is 17.5 Å². The van der Waals surface area contributed by atoms with Crippen molar-refractivity contribution in [2.45, 2.75) is 0 Å². The topological polar surface area (TPSA) is 41.6 Å². The van der Waals surface area contributed by atoms with Crippen molar-refractivity contribution < 1.29 is 0 Å². The van der Waals surface area contributed by atoms with Crippen LogP contribution in [0.5, 0.6) is 0 Å². The van der Waals surface area contributed by atoms with Crippen molar-refractivity contribution in [2.75, 3.05) is 0 Å². The van der Waals surface area contributed by atoms with Gasteiger partial charge in [0.15, 0.2) is 0 Å². The van der Waals surface area contributed by atoms with Crippen LogP contribution < -0.4 is 0 Å². The zero-order chi connectivity index (χ0) is 10.8. The molecule has 1 aromatic carbocycles. The lowest BCUT2D eigenvalue weighted by Crippen LogP contribution is -1.94. The van der Waals surface area contributed by atoms with Crippen molar-refractivity contribution in [3.05, 3.63) is 40.6 Å². The first-order valence-electron chi connectivity index (χ1n) is 4.40. The number of nitrogens with zero attached hydrogens (tertiary/aromatic N) is 3. The van der Waals surface area contributed by atoms with Crippen LogP contribution in [0.3, 0.4) is 0 Å². The van der Waals surface area contributed by atoms with Gasteiger partial charge >= 0.3 is 0 Å². The molecule has 0 fully saturated rings. The highest BCUT2D eigenvalue weighted by Crippen LogP contribution is 2.20. The highest BCUT2D eigenvalue weighted by molar-refractivity contribution is 9.10. The first kappa shape index (κ1) is 9.94. The molecule has 0 spiro atoms. The van der Waals surface area contributed by atoms with Crippen LogP contribution in [0.15, 0.2) is 34.9 Å². The van der Waals surface area contributed by atoms with Gasteiger partial charge in [-0.05, 0) is 12.1 Å². The van der Waals surface area contributed by atoms with Gasteiger partial charge in [-0.1, -0.05) is 28.1 Å². The van der Waals surface area contributed by atoms with Crippen LogP contribution in [-0.2, 0) is 7.05 Å². The number of imidazole rings is 1. The first-order valence-corrected chi connectivity index (χ1v) is 5.19. The van der Waals surface area contributed by atoms with Gasteiger partial charge < -0.3 is 4.57 Å². The minimum absolute atomic E-state index is 0.563. The van der Waals surface area contributed by atoms with Crippen molar-refractivity contribution in [3.63, 3.8) is 0 Å². The molecule has 0 aliphatic heterocycles. The van der Waals surface area contributed by atoms with E-state index in [1.54, 1.807) is 10.8 Å². The fourth-order valence-electron chi connectivity index (χ4n) is 1.38. The average molecular weight is 262 g/mol. The lowest BCUT2D eigenvalue weighted by Gasteiger charge is -2.02. The highest BCUT2D eigenvalue weighted by atomic mass is 79.9. The van der Waals surface area contributed by atoms with Crippen molar-refractivity contribution >= 4 is 15.9 Å². The van der Waals surface area contributed by atoms with E-state index in [1.165, 1.54) is 0 Å². The summed E-state index contributed by atoms with van der Waals surface area (Å²) in [6, 6.07) is 9.93. The molecule has 4 heteroatoms. The fraction of sp³-hybridized carbons (Fsp3) is 0.0909. The second kappa shape index (κ2) is 3.87. The van der Waals surface area contributed by atoms with Gasteiger partial charge in [-0.15, -0.1) is 0 Å². The number of nitriles is 1. The molecule has 0 bridgehead atoms. The Morgan fingerprint density at radius 2 is 2.00 bits per heavy atom. The molecule has 1 heterocycles. The Hall–Kier alpha value is -1.60. The van der Waals surface area contributed by atoms with Crippen LogP contribution >= 0.6 is 15.9 Å². The summed E-state index contributed by atoms with van der Waals surface area (Å²) < 4.78 is 2.81. The van der Waals surface area contributed by atoms with Gasteiger partial charge in [0.1, 0.15) is 17.6 Å². The Balaban J connectivity index is 2.51. The average Bonchev–Trinajstić information content (AvgIpc) is 2.61. The summed E-state index contributed by atoms with van der Waals surface area (Å²) in [7, 11) is 1.84. The molecular formula is C11H8BrN3. The predicted octanol–water partition coefficient (Wildman–Crippen LogP) is 2.72. The molecular weight excluding hydrogens is 254 g/mol. The van der Waals surface area contributed by atoms with E-state index >= 15 is 0 Å². The maximum atomic E-state index is 8.80. The Kier molecular flexibility index (Phi) is 2.57. The molecule has 2 rings (SSSR count). The molecule has 1 aromatic heterocycles. The third-order valence-corrected chi connectivity index (χ3v) is 2.73. The molecule has 74 valence electrons. The molecule has 0 aliphatic rings. The molecule has 0 aliphatic carbocycles. The lowest BCUT2D eigenvalue weighted by atomic mass is 10.2. The van der Waals surface area contributed by atoms with Crippen molar-refractivity contribution in [1.82, 2.24) is 9.55 Å². The van der Waals surface area contributed by atoms with E-state index in [4.69, 9.17) is 5.26 Å². The fourth-order valence-corrected chi connectivity index (χ4v) is 1.64. The monoisotopic (exact) mass is 261 g/mol. The van der Waals surface area contributed by atoms with E-state index in [1.807, 2.05) is 31.3 Å². The van der Waals surface area contributed by atoms with Crippen LogP contribution in [0.1, 0.15) is 5.69 Å². The van der Waals surface area contributed by atoms with Gasteiger partial charge in [0.2, 0.25) is 0 Å². The summed E-state index contributed by atoms with van der Waals surface area (Å²) in [6.07, 6.45) is 1.58. The number of aromatic nitrogens is 2. The van der Waals surface area contributed by atoms with Gasteiger partial charge in [0.05, 0.1) is 6.20 Å². The number of hydrogen-bond donors (Lipinski definition) is 0. The third kappa shape index (κ3) is 1.79. The summed E-state index contributed by atoms with van der Waals surface area (Å²) in [6.45, 7) is 0. The Labute approximate surface area is 96.1 Å². The molecule has 0 atom stereocenters. The quantitative estimate of drug-likeness (QED) is 0.792. The SMILES string of the molecule is Cn1c(C#N)cnc1-c1ccc(Br)cc1. The molecule has 0 amide bonds. The Morgan fingerprint density at radius 3 is 2.53 bits per heavy atom. The summed E-state index contributed by atoms with van der Waals surface area (Å²) in [4.78, 5) is 4.21. The lowest BCUT2D eigenvalue weighted by molar-refractivity contribution is 0.907. The van der Waals surface area contributed by atoms with Crippen molar-refractivity contribution in [2.24, 2.45) is 7.05 Å². The molecule has 0 radical (unpaired) electrons. The van der Waals surface area contributed by atoms with E-state index in [9.17, 15) is 0 Å². The summed E-state index contributed by atoms with van der Waals surface area (Å²) in [5, 5.41) is 8.80. The molecule has 0 saturated heterocycles. The molecule has 2 aromatic rings. The van der Waals surface area contributed by atoms with Gasteiger partial charge in [-0.3, -0.25) is 0 Å². The third-order valence-electron chi connectivity index (χ3n) is 2.21. The van der Waals surface area contributed by atoms with E-state index in [2.05, 4.69) is 27.0 Å². The summed E-state index contributed by atoms with van der Waals surface area (Å²) in [5.41, 5.74) is 1.56. The van der Waals surface area contributed by atoms with E-state index in [0.717, 1.165) is 15.9 Å². The summed E-state index contributed by atoms with van der Waals surface area (Å²) >= 11 is 3.38. The van der Waals surface area contributed by atoms with Crippen LogP contribution in [0.2, 0.25) is 0 Å². The minimum Gasteiger partial charge on any atom is -0.319 e. The number of hydrogen-bond acceptors (Lipinski definition) is 2. The normalized spacial score (nSPS) is 9.93. The predicted molar refractivity (Wildman–Crippen MR) is 61.1 cm³/mol. The highest BCUT2D eigenvalue weighted by Gasteiger charge is 2.07. The number of rotatable bonds is 1. The first-order chi connectivity index (χ1) is 7.22. The van der Waals surface area contributed by atoms with Gasteiger partial charge in [0.25, 0.3) is 0 Å². The van der Waals surface area contributed by atoms with Gasteiger partial charge in [0, 0.05) is 17.1 Å². The van der Waals surface area contributed by atoms with Crippen LogP contribution in [-0.4, -0.2) is 9.55 Å². The van der Waals surface area contributed by atoms with E-state index < -0.39 is 0 Å². The molecule has 0 saturated carbocycles. The molecule has 3 nitrogen and oxygen atoms in total. The van der Waals surface area contributed by atoms with E-state index in [-0.39, 0.29) is 0 Å². The van der Waals surface area contributed by atoms with Crippen LogP contribution in [0.25, 0.3) is 11.4 Å². The minimum atomic E-state index is 0.563. The Bertz CT molecular complexity index is 520. The zero-order valence-electron chi connectivity index (χ0n) is 8.11. The summed E-state index contributed by atoms with van der Waals surface area (Å²) in [5.74, 6) is 0.805. The van der Waals surface area contributed by atoms with Crippen LogP contribution in [0.4, 0.5) is 0 Å². The van der Waals surface area contributed by atoms with E-state index in [0.29, 0.717) is 5.69 Å². The second-order valence-corrected chi connectivity index (χ2v) is 4.06. The number of halogens is 1. The Morgan fingerprint density at radius 1 is 1.33 bits per heavy atom. The van der Waals surface area contributed by atoms with Gasteiger partial charge in [-0.25, -0.2) is 4.98 Å². The maximum absolute atomic E-state index is 8.80. The molecule has 0 N–H and O–H groups in total. The maximum Gasteiger partial charge on any atom is 0.140 e. The second-order valence-electron chi connectivity index (χ2n) is 3.14. The van der Waals surface area contributed by atoms with Crippen molar-refractivity contribution in [1.29, 1.82) is 5.26 Å². The largest absolute Gasteiger partial charge is 0.319 e. The molecule has 15 heavy (non-hydrogen) atoms. The zero-order valence-corrected chi connectivity index (χ0v) is 9.69. The number of benzene rings is 1. The molecule has 0 unspecified atom stereocenters. The smallest absolute Gasteiger partial charge is 0.140 e. The van der Waals surface area contributed by atoms with Crippen LogP contribution in [0, 0.1) is 11.3 Å². The standard InChI is InChI=1S/C11H8BrN3/c1-15-10(6-13)7-14-11(15)8-2-4-9(12)5-3-8/h2-5,7H,1H3.